The van der Waals surface area contributed by atoms with Crippen LogP contribution in [-0.2, 0) is 14.8 Å². The van der Waals surface area contributed by atoms with Crippen molar-refractivity contribution >= 4 is 38.1 Å². The number of amides is 1. The number of hydroxylamine groups is 1. The van der Waals surface area contributed by atoms with E-state index in [0.29, 0.717) is 16.5 Å². The van der Waals surface area contributed by atoms with Gasteiger partial charge >= 0.3 is 0 Å². The summed E-state index contributed by atoms with van der Waals surface area (Å²) >= 11 is 0. The maximum atomic E-state index is 12.8. The number of benzene rings is 2. The number of rotatable bonds is 5. The van der Waals surface area contributed by atoms with Crippen molar-refractivity contribution in [1.29, 1.82) is 0 Å². The van der Waals surface area contributed by atoms with Gasteiger partial charge < -0.3 is 0 Å². The van der Waals surface area contributed by atoms with Crippen LogP contribution in [0.25, 0.3) is 16.5 Å². The van der Waals surface area contributed by atoms with Crippen LogP contribution in [0.3, 0.4) is 0 Å². The number of hydrogen-bond acceptors (Lipinski definition) is 5. The van der Waals surface area contributed by atoms with Crippen molar-refractivity contribution in [3.05, 3.63) is 72.9 Å². The van der Waals surface area contributed by atoms with Gasteiger partial charge in [0.1, 0.15) is 4.90 Å². The van der Waals surface area contributed by atoms with E-state index in [4.69, 9.17) is 5.21 Å². The van der Waals surface area contributed by atoms with E-state index in [2.05, 4.69) is 16.3 Å². The first-order chi connectivity index (χ1) is 12.4. The van der Waals surface area contributed by atoms with Crippen LogP contribution < -0.4 is 10.2 Å². The Bertz CT molecular complexity index is 1100. The van der Waals surface area contributed by atoms with Crippen LogP contribution >= 0.6 is 0 Å². The van der Waals surface area contributed by atoms with Gasteiger partial charge in [0.15, 0.2) is 0 Å². The minimum atomic E-state index is -3.90. The molecular formula is C18H15N3O4S. The Morgan fingerprint density at radius 2 is 1.81 bits per heavy atom. The largest absolute Gasteiger partial charge is 0.288 e. The van der Waals surface area contributed by atoms with E-state index in [1.54, 1.807) is 42.5 Å². The standard InChI is InChI=1S/C18H15N3O4S/c1-12(18(22)20-23)14-6-2-8-15(11-14)21-26(24,25)16-9-3-5-13-7-4-10-19-17(13)16/h2-11,21,23H,1H2,(H,20,22). The summed E-state index contributed by atoms with van der Waals surface area (Å²) in [5, 5.41) is 9.40. The average Bonchev–Trinajstić information content (AvgIpc) is 2.66. The number of carbonyl (C=O) groups excluding carboxylic acids is 1. The third-order valence-corrected chi connectivity index (χ3v) is 5.14. The van der Waals surface area contributed by atoms with Crippen molar-refractivity contribution in [2.45, 2.75) is 4.90 Å². The third-order valence-electron chi connectivity index (χ3n) is 3.72. The molecule has 0 unspecified atom stereocenters. The monoisotopic (exact) mass is 369 g/mol. The van der Waals surface area contributed by atoms with Gasteiger partial charge in [0.25, 0.3) is 15.9 Å². The SMILES string of the molecule is C=C(C(=O)NO)c1cccc(NS(=O)(=O)c2cccc3cccnc23)c1. The first kappa shape index (κ1) is 17.6. The molecule has 2 aromatic carbocycles. The summed E-state index contributed by atoms with van der Waals surface area (Å²) in [7, 11) is -3.90. The number of nitrogens with zero attached hydrogens (tertiary/aromatic N) is 1. The summed E-state index contributed by atoms with van der Waals surface area (Å²) in [5.74, 6) is -0.775. The molecule has 1 aromatic heterocycles. The number of sulfonamides is 1. The lowest BCUT2D eigenvalue weighted by Crippen LogP contribution is -2.19. The minimum Gasteiger partial charge on any atom is -0.288 e. The lowest BCUT2D eigenvalue weighted by atomic mass is 10.1. The molecule has 1 heterocycles. The Labute approximate surface area is 150 Å². The van der Waals surface area contributed by atoms with Crippen LogP contribution in [0.1, 0.15) is 5.56 Å². The van der Waals surface area contributed by atoms with E-state index in [9.17, 15) is 13.2 Å². The third kappa shape index (κ3) is 3.41. The number of para-hydroxylation sites is 1. The number of carbonyl (C=O) groups is 1. The highest BCUT2D eigenvalue weighted by Crippen LogP contribution is 2.24. The maximum absolute atomic E-state index is 12.8. The molecule has 0 bridgehead atoms. The van der Waals surface area contributed by atoms with E-state index >= 15 is 0 Å². The van der Waals surface area contributed by atoms with Crippen LogP contribution in [0.5, 0.6) is 0 Å². The summed E-state index contributed by atoms with van der Waals surface area (Å²) < 4.78 is 28.1. The summed E-state index contributed by atoms with van der Waals surface area (Å²) in [4.78, 5) is 15.7. The van der Waals surface area contributed by atoms with Crippen LogP contribution in [0.2, 0.25) is 0 Å². The lowest BCUT2D eigenvalue weighted by molar-refractivity contribution is -0.123. The molecule has 3 aromatic rings. The Balaban J connectivity index is 1.98. The predicted octanol–water partition coefficient (Wildman–Crippen LogP) is 2.55. The molecular weight excluding hydrogens is 354 g/mol. The Morgan fingerprint density at radius 1 is 1.08 bits per heavy atom. The maximum Gasteiger partial charge on any atom is 0.274 e. The molecule has 132 valence electrons. The van der Waals surface area contributed by atoms with Crippen LogP contribution in [0, 0.1) is 0 Å². The number of pyridine rings is 1. The Hall–Kier alpha value is -3.23. The molecule has 0 radical (unpaired) electrons. The number of aromatic nitrogens is 1. The number of nitrogens with one attached hydrogen (secondary N) is 2. The van der Waals surface area contributed by atoms with Gasteiger partial charge in [-0.25, -0.2) is 13.9 Å². The van der Waals surface area contributed by atoms with E-state index in [-0.39, 0.29) is 16.2 Å². The predicted molar refractivity (Wildman–Crippen MR) is 98.0 cm³/mol. The zero-order valence-electron chi connectivity index (χ0n) is 13.5. The van der Waals surface area contributed by atoms with E-state index in [0.717, 1.165) is 0 Å². The van der Waals surface area contributed by atoms with Gasteiger partial charge in [-0.05, 0) is 29.8 Å². The first-order valence-electron chi connectivity index (χ1n) is 7.53. The average molecular weight is 369 g/mol. The smallest absolute Gasteiger partial charge is 0.274 e. The van der Waals surface area contributed by atoms with Gasteiger partial charge in [-0.2, -0.15) is 0 Å². The normalized spacial score (nSPS) is 11.1. The molecule has 0 aliphatic carbocycles. The molecule has 0 fully saturated rings. The Kier molecular flexibility index (Phi) is 4.70. The van der Waals surface area contributed by atoms with Gasteiger partial charge in [-0.15, -0.1) is 0 Å². The topological polar surface area (TPSA) is 108 Å². The van der Waals surface area contributed by atoms with Crippen molar-refractivity contribution in [2.24, 2.45) is 0 Å². The summed E-state index contributed by atoms with van der Waals surface area (Å²) in [6.07, 6.45) is 1.53. The molecule has 0 spiro atoms. The molecule has 0 aliphatic heterocycles. The van der Waals surface area contributed by atoms with E-state index in [1.165, 1.54) is 23.8 Å². The zero-order valence-corrected chi connectivity index (χ0v) is 14.3. The lowest BCUT2D eigenvalue weighted by Gasteiger charge is -2.11. The van der Waals surface area contributed by atoms with Crippen LogP contribution in [0.15, 0.2) is 72.3 Å². The highest BCUT2D eigenvalue weighted by Gasteiger charge is 2.19. The number of hydrogen-bond donors (Lipinski definition) is 3. The van der Waals surface area contributed by atoms with Crippen molar-refractivity contribution < 1.29 is 18.4 Å². The van der Waals surface area contributed by atoms with Crippen molar-refractivity contribution in [1.82, 2.24) is 10.5 Å². The highest BCUT2D eigenvalue weighted by atomic mass is 32.2. The van der Waals surface area contributed by atoms with Crippen LogP contribution in [0.4, 0.5) is 5.69 Å². The second-order valence-electron chi connectivity index (χ2n) is 5.44. The second-order valence-corrected chi connectivity index (χ2v) is 7.09. The fourth-order valence-corrected chi connectivity index (χ4v) is 3.70. The molecule has 0 aliphatic rings. The molecule has 1 amide bonds. The molecule has 0 saturated carbocycles. The molecule has 0 atom stereocenters. The van der Waals surface area contributed by atoms with Gasteiger partial charge in [-0.3, -0.25) is 19.7 Å². The molecule has 0 saturated heterocycles. The highest BCUT2D eigenvalue weighted by molar-refractivity contribution is 7.93. The van der Waals surface area contributed by atoms with Gasteiger partial charge in [0.2, 0.25) is 0 Å². The molecule has 8 heteroatoms. The molecule has 26 heavy (non-hydrogen) atoms. The second kappa shape index (κ2) is 6.95. The molecule has 3 rings (SSSR count). The fraction of sp³-hybridized carbons (Fsp3) is 0. The molecule has 7 nitrogen and oxygen atoms in total. The number of anilines is 1. The zero-order chi connectivity index (χ0) is 18.7. The van der Waals surface area contributed by atoms with Crippen molar-refractivity contribution in [2.75, 3.05) is 4.72 Å². The quantitative estimate of drug-likeness (QED) is 0.364. The Morgan fingerprint density at radius 3 is 2.58 bits per heavy atom. The van der Waals surface area contributed by atoms with Crippen molar-refractivity contribution in [3.8, 4) is 0 Å². The minimum absolute atomic E-state index is 0.000348. The number of fused-ring (bicyclic) bond motifs is 1. The van der Waals surface area contributed by atoms with Gasteiger partial charge in [0.05, 0.1) is 5.52 Å². The summed E-state index contributed by atoms with van der Waals surface area (Å²) in [5.41, 5.74) is 2.48. The van der Waals surface area contributed by atoms with Crippen molar-refractivity contribution in [3.63, 3.8) is 0 Å². The van der Waals surface area contributed by atoms with E-state index < -0.39 is 15.9 Å². The first-order valence-corrected chi connectivity index (χ1v) is 9.01. The summed E-state index contributed by atoms with van der Waals surface area (Å²) in [6.45, 7) is 3.57. The van der Waals surface area contributed by atoms with E-state index in [1.807, 2.05) is 0 Å². The summed E-state index contributed by atoms with van der Waals surface area (Å²) in [6, 6.07) is 14.5. The fourth-order valence-electron chi connectivity index (χ4n) is 2.47. The van der Waals surface area contributed by atoms with Gasteiger partial charge in [-0.1, -0.05) is 36.9 Å². The van der Waals surface area contributed by atoms with Gasteiger partial charge in [0, 0.05) is 22.8 Å². The molecule has 3 N–H and O–H groups in total. The van der Waals surface area contributed by atoms with Crippen LogP contribution in [-0.4, -0.2) is 24.5 Å².